The normalized spacial score (nSPS) is 11.9. The van der Waals surface area contributed by atoms with Crippen LogP contribution in [0.2, 0.25) is 0 Å². The van der Waals surface area contributed by atoms with Gasteiger partial charge in [0.15, 0.2) is 0 Å². The summed E-state index contributed by atoms with van der Waals surface area (Å²) in [6.07, 6.45) is 3.60. The van der Waals surface area contributed by atoms with E-state index in [1.165, 1.54) is 0 Å². The van der Waals surface area contributed by atoms with Crippen LogP contribution in [0.1, 0.15) is 30.1 Å². The smallest absolute Gasteiger partial charge is 0.220 e. The monoisotopic (exact) mass is 283 g/mol. The first kappa shape index (κ1) is 15.2. The lowest BCUT2D eigenvalue weighted by Gasteiger charge is -2.12. The summed E-state index contributed by atoms with van der Waals surface area (Å²) in [5.74, 6) is 0.0425. The maximum absolute atomic E-state index is 11.8. The number of rotatable bonds is 7. The summed E-state index contributed by atoms with van der Waals surface area (Å²) in [5, 5.41) is 2.91. The molecule has 0 spiro atoms. The highest BCUT2D eigenvalue weighted by Gasteiger charge is 2.07. The first-order valence-corrected chi connectivity index (χ1v) is 7.23. The fourth-order valence-corrected chi connectivity index (χ4v) is 2.11. The average Bonchev–Trinajstić information content (AvgIpc) is 2.54. The first-order valence-electron chi connectivity index (χ1n) is 7.23. The second kappa shape index (κ2) is 8.17. The average molecular weight is 283 g/mol. The highest BCUT2D eigenvalue weighted by atomic mass is 16.1. The molecule has 110 valence electrons. The number of carbonyl (C=O) groups excluding carboxylic acids is 1. The summed E-state index contributed by atoms with van der Waals surface area (Å²) in [6.45, 7) is 0.594. The van der Waals surface area contributed by atoms with Crippen LogP contribution in [-0.2, 0) is 11.2 Å². The summed E-state index contributed by atoms with van der Waals surface area (Å²) in [4.78, 5) is 16.0. The van der Waals surface area contributed by atoms with Gasteiger partial charge in [0.25, 0.3) is 0 Å². The van der Waals surface area contributed by atoms with Crippen LogP contribution in [0.15, 0.2) is 54.7 Å². The fourth-order valence-electron chi connectivity index (χ4n) is 2.11. The Labute approximate surface area is 125 Å². The Balaban J connectivity index is 1.65. The molecule has 21 heavy (non-hydrogen) atoms. The van der Waals surface area contributed by atoms with Gasteiger partial charge in [-0.15, -0.1) is 0 Å². The number of nitrogens with one attached hydrogen (secondary N) is 1. The summed E-state index contributed by atoms with van der Waals surface area (Å²) in [6, 6.07) is 15.6. The molecule has 1 unspecified atom stereocenters. The molecule has 4 heteroatoms. The second-order valence-electron chi connectivity index (χ2n) is 4.98. The van der Waals surface area contributed by atoms with E-state index in [9.17, 15) is 4.79 Å². The number of amides is 1. The topological polar surface area (TPSA) is 68.0 Å². The van der Waals surface area contributed by atoms with Crippen molar-refractivity contribution in [3.05, 3.63) is 66.0 Å². The molecule has 0 saturated carbocycles. The minimum absolute atomic E-state index is 0.0395. The van der Waals surface area contributed by atoms with Crippen molar-refractivity contribution in [2.24, 2.45) is 5.73 Å². The molecule has 0 fully saturated rings. The zero-order valence-corrected chi connectivity index (χ0v) is 12.0. The van der Waals surface area contributed by atoms with Crippen LogP contribution < -0.4 is 11.1 Å². The number of benzene rings is 1. The van der Waals surface area contributed by atoms with E-state index in [4.69, 9.17) is 5.73 Å². The number of aryl methyl sites for hydroxylation is 1. The summed E-state index contributed by atoms with van der Waals surface area (Å²) in [7, 11) is 0. The van der Waals surface area contributed by atoms with E-state index in [1.807, 2.05) is 48.5 Å². The van der Waals surface area contributed by atoms with Gasteiger partial charge in [-0.25, -0.2) is 0 Å². The molecule has 1 aromatic heterocycles. The lowest BCUT2D eigenvalue weighted by Crippen LogP contribution is -2.27. The summed E-state index contributed by atoms with van der Waals surface area (Å²) in [5.41, 5.74) is 8.12. The fraction of sp³-hybridized carbons (Fsp3) is 0.294. The van der Waals surface area contributed by atoms with Gasteiger partial charge in [0.05, 0.1) is 0 Å². The van der Waals surface area contributed by atoms with Gasteiger partial charge >= 0.3 is 0 Å². The minimum atomic E-state index is -0.0395. The predicted octanol–water partition coefficient (Wildman–Crippen LogP) is 2.22. The van der Waals surface area contributed by atoms with Gasteiger partial charge in [-0.3, -0.25) is 9.78 Å². The van der Waals surface area contributed by atoms with Crippen molar-refractivity contribution in [1.29, 1.82) is 0 Å². The van der Waals surface area contributed by atoms with E-state index in [-0.39, 0.29) is 11.9 Å². The quantitative estimate of drug-likeness (QED) is 0.818. The zero-order chi connectivity index (χ0) is 14.9. The third-order valence-electron chi connectivity index (χ3n) is 3.34. The van der Waals surface area contributed by atoms with Gasteiger partial charge in [-0.1, -0.05) is 36.4 Å². The molecule has 1 aromatic carbocycles. The largest absolute Gasteiger partial charge is 0.356 e. The first-order chi connectivity index (χ1) is 10.3. The van der Waals surface area contributed by atoms with Gasteiger partial charge in [-0.05, 0) is 30.5 Å². The van der Waals surface area contributed by atoms with Crippen LogP contribution in [0.5, 0.6) is 0 Å². The van der Waals surface area contributed by atoms with E-state index in [2.05, 4.69) is 10.3 Å². The van der Waals surface area contributed by atoms with Crippen LogP contribution in [0.25, 0.3) is 0 Å². The molecule has 1 heterocycles. The number of carbonyl (C=O) groups is 1. The van der Waals surface area contributed by atoms with Crippen LogP contribution in [0.3, 0.4) is 0 Å². The molecule has 2 rings (SSSR count). The van der Waals surface area contributed by atoms with Crippen molar-refractivity contribution >= 4 is 5.91 Å². The Morgan fingerprint density at radius 1 is 1.14 bits per heavy atom. The van der Waals surface area contributed by atoms with Crippen LogP contribution >= 0.6 is 0 Å². The molecule has 0 saturated heterocycles. The van der Waals surface area contributed by atoms with Crippen molar-refractivity contribution in [3.8, 4) is 0 Å². The predicted molar refractivity (Wildman–Crippen MR) is 83.6 cm³/mol. The lowest BCUT2D eigenvalue weighted by atomic mass is 10.1. The Hall–Kier alpha value is -2.20. The number of hydrogen-bond donors (Lipinski definition) is 2. The van der Waals surface area contributed by atoms with Crippen LogP contribution in [-0.4, -0.2) is 17.4 Å². The SMILES string of the molecule is NC(CCNC(=O)CCc1ccccn1)c1ccccc1. The molecule has 4 nitrogen and oxygen atoms in total. The molecular formula is C17H21N3O. The highest BCUT2D eigenvalue weighted by Crippen LogP contribution is 2.12. The van der Waals surface area contributed by atoms with Gasteiger partial charge in [0, 0.05) is 30.9 Å². The zero-order valence-electron chi connectivity index (χ0n) is 12.0. The van der Waals surface area contributed by atoms with Gasteiger partial charge in [-0.2, -0.15) is 0 Å². The number of nitrogens with two attached hydrogens (primary N) is 1. The molecule has 0 aliphatic rings. The van der Waals surface area contributed by atoms with Crippen LogP contribution in [0.4, 0.5) is 0 Å². The summed E-state index contributed by atoms with van der Waals surface area (Å²) < 4.78 is 0. The maximum atomic E-state index is 11.8. The number of hydrogen-bond acceptors (Lipinski definition) is 3. The lowest BCUT2D eigenvalue weighted by molar-refractivity contribution is -0.121. The molecule has 1 atom stereocenters. The van der Waals surface area contributed by atoms with Gasteiger partial charge in [0.1, 0.15) is 0 Å². The molecule has 2 aromatic rings. The Morgan fingerprint density at radius 2 is 1.90 bits per heavy atom. The third kappa shape index (κ3) is 5.36. The number of pyridine rings is 1. The summed E-state index contributed by atoms with van der Waals surface area (Å²) >= 11 is 0. The third-order valence-corrected chi connectivity index (χ3v) is 3.34. The van der Waals surface area contributed by atoms with E-state index >= 15 is 0 Å². The molecule has 0 bridgehead atoms. The molecule has 3 N–H and O–H groups in total. The second-order valence-corrected chi connectivity index (χ2v) is 4.98. The number of aromatic nitrogens is 1. The van der Waals surface area contributed by atoms with E-state index in [0.717, 1.165) is 17.7 Å². The van der Waals surface area contributed by atoms with Crippen molar-refractivity contribution in [2.75, 3.05) is 6.54 Å². The Morgan fingerprint density at radius 3 is 2.62 bits per heavy atom. The van der Waals surface area contributed by atoms with Crippen molar-refractivity contribution in [2.45, 2.75) is 25.3 Å². The molecule has 0 radical (unpaired) electrons. The van der Waals surface area contributed by atoms with E-state index < -0.39 is 0 Å². The van der Waals surface area contributed by atoms with E-state index in [0.29, 0.717) is 19.4 Å². The molecule has 1 amide bonds. The number of nitrogens with zero attached hydrogens (tertiary/aromatic N) is 1. The molecular weight excluding hydrogens is 262 g/mol. The standard InChI is InChI=1S/C17H21N3O/c18-16(14-6-2-1-3-7-14)11-13-20-17(21)10-9-15-8-4-5-12-19-15/h1-8,12,16H,9-11,13,18H2,(H,20,21). The minimum Gasteiger partial charge on any atom is -0.356 e. The van der Waals surface area contributed by atoms with E-state index in [1.54, 1.807) is 6.20 Å². The maximum Gasteiger partial charge on any atom is 0.220 e. The van der Waals surface area contributed by atoms with Crippen molar-refractivity contribution < 1.29 is 4.79 Å². The van der Waals surface area contributed by atoms with Crippen LogP contribution in [0, 0.1) is 0 Å². The molecule has 0 aliphatic heterocycles. The Bertz CT molecular complexity index is 542. The van der Waals surface area contributed by atoms with Gasteiger partial charge < -0.3 is 11.1 Å². The highest BCUT2D eigenvalue weighted by molar-refractivity contribution is 5.76. The van der Waals surface area contributed by atoms with Crippen molar-refractivity contribution in [3.63, 3.8) is 0 Å². The van der Waals surface area contributed by atoms with Crippen molar-refractivity contribution in [1.82, 2.24) is 10.3 Å². The van der Waals surface area contributed by atoms with Gasteiger partial charge in [0.2, 0.25) is 5.91 Å². The molecule has 0 aliphatic carbocycles. The Kier molecular flexibility index (Phi) is 5.91.